The van der Waals surface area contributed by atoms with Crippen LogP contribution in [0.3, 0.4) is 0 Å². The summed E-state index contributed by atoms with van der Waals surface area (Å²) in [4.78, 5) is 27.5. The Labute approximate surface area is 165 Å². The number of rotatable bonds is 3. The lowest BCUT2D eigenvalue weighted by atomic mass is 10.00. The number of benzene rings is 1. The Morgan fingerprint density at radius 1 is 1.18 bits per heavy atom. The molecule has 3 rings (SSSR count). The Morgan fingerprint density at radius 2 is 1.86 bits per heavy atom. The van der Waals surface area contributed by atoms with E-state index in [0.717, 1.165) is 11.3 Å². The van der Waals surface area contributed by atoms with E-state index in [-0.39, 0.29) is 6.09 Å². The van der Waals surface area contributed by atoms with Gasteiger partial charge < -0.3 is 29.1 Å². The fourth-order valence-corrected chi connectivity index (χ4v) is 3.44. The van der Waals surface area contributed by atoms with E-state index in [0.29, 0.717) is 50.5 Å². The Kier molecular flexibility index (Phi) is 5.58. The third kappa shape index (κ3) is 4.43. The number of anilines is 1. The van der Waals surface area contributed by atoms with Crippen LogP contribution in [0.25, 0.3) is 0 Å². The second kappa shape index (κ2) is 7.77. The van der Waals surface area contributed by atoms with Crippen LogP contribution in [0.5, 0.6) is 11.5 Å². The van der Waals surface area contributed by atoms with Crippen LogP contribution < -0.4 is 14.4 Å². The van der Waals surface area contributed by atoms with Crippen molar-refractivity contribution in [2.45, 2.75) is 45.3 Å². The summed E-state index contributed by atoms with van der Waals surface area (Å²) in [6.07, 6.45) is -0.111. The molecule has 0 spiro atoms. The number of amides is 1. The highest BCUT2D eigenvalue weighted by Gasteiger charge is 2.32. The smallest absolute Gasteiger partial charge is 0.410 e. The van der Waals surface area contributed by atoms with E-state index < -0.39 is 17.7 Å². The minimum absolute atomic E-state index is 0.318. The molecule has 0 aromatic heterocycles. The average Bonchev–Trinajstić information content (AvgIpc) is 2.65. The van der Waals surface area contributed by atoms with Gasteiger partial charge in [-0.3, -0.25) is 0 Å². The minimum atomic E-state index is -0.956. The number of ether oxygens (including phenoxy) is 3. The summed E-state index contributed by atoms with van der Waals surface area (Å²) in [5.41, 5.74) is 1.23. The summed E-state index contributed by atoms with van der Waals surface area (Å²) in [5.74, 6) is 0.355. The lowest BCUT2D eigenvalue weighted by Crippen LogP contribution is -2.50. The predicted molar refractivity (Wildman–Crippen MR) is 103 cm³/mol. The van der Waals surface area contributed by atoms with E-state index in [4.69, 9.17) is 14.2 Å². The van der Waals surface area contributed by atoms with Crippen LogP contribution in [-0.4, -0.2) is 67.1 Å². The van der Waals surface area contributed by atoms with Crippen molar-refractivity contribution in [3.63, 3.8) is 0 Å². The van der Waals surface area contributed by atoms with E-state index in [1.807, 2.05) is 32.9 Å². The molecule has 8 nitrogen and oxygen atoms in total. The fraction of sp³-hybridized carbons (Fsp3) is 0.600. The van der Waals surface area contributed by atoms with Gasteiger partial charge in [0.25, 0.3) is 0 Å². The van der Waals surface area contributed by atoms with Crippen molar-refractivity contribution in [1.29, 1.82) is 0 Å². The topological polar surface area (TPSA) is 88.5 Å². The van der Waals surface area contributed by atoms with Crippen LogP contribution >= 0.6 is 0 Å². The van der Waals surface area contributed by atoms with Crippen molar-refractivity contribution in [3.05, 3.63) is 17.7 Å². The van der Waals surface area contributed by atoms with Gasteiger partial charge in [-0.25, -0.2) is 9.59 Å². The van der Waals surface area contributed by atoms with E-state index in [1.54, 1.807) is 12.0 Å². The molecule has 154 valence electrons. The summed E-state index contributed by atoms with van der Waals surface area (Å²) in [6, 6.07) is 3.76. The van der Waals surface area contributed by atoms with E-state index in [2.05, 4.69) is 4.90 Å². The molecule has 1 aromatic carbocycles. The number of hydrogen-bond acceptors (Lipinski definition) is 6. The van der Waals surface area contributed by atoms with Gasteiger partial charge in [0, 0.05) is 37.8 Å². The van der Waals surface area contributed by atoms with Crippen LogP contribution in [0.15, 0.2) is 12.1 Å². The number of carbonyl (C=O) groups excluding carboxylic acids is 1. The SMILES string of the molecule is COc1cc2c(c(N3CCN(C(=O)OC(C)(C)C)CC3)c1)O[C@@H](C(=O)O)CC2. The molecule has 0 saturated carbocycles. The molecule has 0 radical (unpaired) electrons. The predicted octanol–water partition coefficient (Wildman–Crippen LogP) is 2.53. The summed E-state index contributed by atoms with van der Waals surface area (Å²) in [6.45, 7) is 7.77. The molecule has 0 unspecified atom stereocenters. The first kappa shape index (κ1) is 20.1. The van der Waals surface area contributed by atoms with Gasteiger partial charge in [-0.15, -0.1) is 0 Å². The van der Waals surface area contributed by atoms with Gasteiger partial charge in [0.1, 0.15) is 17.1 Å². The highest BCUT2D eigenvalue weighted by molar-refractivity contribution is 5.75. The average molecular weight is 392 g/mol. The second-order valence-electron chi connectivity index (χ2n) is 8.07. The molecule has 2 heterocycles. The Bertz CT molecular complexity index is 750. The zero-order valence-electron chi connectivity index (χ0n) is 16.9. The zero-order chi connectivity index (χ0) is 20.5. The van der Waals surface area contributed by atoms with Crippen molar-refractivity contribution >= 4 is 17.7 Å². The van der Waals surface area contributed by atoms with Gasteiger partial charge in [-0.1, -0.05) is 0 Å². The number of carboxylic acids is 1. The highest BCUT2D eigenvalue weighted by Crippen LogP contribution is 2.41. The van der Waals surface area contributed by atoms with Gasteiger partial charge in [0.15, 0.2) is 6.10 Å². The normalized spacial score (nSPS) is 19.5. The number of hydrogen-bond donors (Lipinski definition) is 1. The van der Waals surface area contributed by atoms with Crippen molar-refractivity contribution in [2.24, 2.45) is 0 Å². The molecule has 1 atom stereocenters. The number of fused-ring (bicyclic) bond motifs is 1. The highest BCUT2D eigenvalue weighted by atomic mass is 16.6. The number of nitrogens with zero attached hydrogens (tertiary/aromatic N) is 2. The van der Waals surface area contributed by atoms with Crippen molar-refractivity contribution in [3.8, 4) is 11.5 Å². The number of methoxy groups -OCH3 is 1. The molecule has 1 aromatic rings. The number of aryl methyl sites for hydroxylation is 1. The zero-order valence-corrected chi connectivity index (χ0v) is 16.9. The Hall–Kier alpha value is -2.64. The molecule has 2 aliphatic heterocycles. The quantitative estimate of drug-likeness (QED) is 0.845. The number of carboxylic acid groups (broad SMARTS) is 1. The van der Waals surface area contributed by atoms with Gasteiger partial charge in [0.2, 0.25) is 0 Å². The van der Waals surface area contributed by atoms with Crippen molar-refractivity contribution in [2.75, 3.05) is 38.2 Å². The van der Waals surface area contributed by atoms with Crippen LogP contribution in [0.2, 0.25) is 0 Å². The summed E-state index contributed by atoms with van der Waals surface area (Å²) >= 11 is 0. The molecule has 8 heteroatoms. The van der Waals surface area contributed by atoms with Gasteiger partial charge in [-0.05, 0) is 39.7 Å². The number of piperazine rings is 1. The first-order valence-electron chi connectivity index (χ1n) is 9.51. The molecule has 0 aliphatic carbocycles. The summed E-state index contributed by atoms with van der Waals surface area (Å²) in [5, 5.41) is 9.33. The third-order valence-corrected chi connectivity index (χ3v) is 4.84. The van der Waals surface area contributed by atoms with Gasteiger partial charge in [0.05, 0.1) is 12.8 Å². The van der Waals surface area contributed by atoms with Gasteiger partial charge in [-0.2, -0.15) is 0 Å². The molecule has 1 saturated heterocycles. The van der Waals surface area contributed by atoms with E-state index >= 15 is 0 Å². The fourth-order valence-electron chi connectivity index (χ4n) is 3.44. The van der Waals surface area contributed by atoms with Gasteiger partial charge >= 0.3 is 12.1 Å². The van der Waals surface area contributed by atoms with Crippen molar-refractivity contribution < 1.29 is 28.9 Å². The first-order chi connectivity index (χ1) is 13.2. The Balaban J connectivity index is 1.77. The van der Waals surface area contributed by atoms with Crippen LogP contribution in [0.4, 0.5) is 10.5 Å². The Morgan fingerprint density at radius 3 is 2.43 bits per heavy atom. The molecule has 1 fully saturated rings. The molecule has 2 aliphatic rings. The summed E-state index contributed by atoms with van der Waals surface area (Å²) < 4.78 is 16.7. The van der Waals surface area contributed by atoms with Crippen LogP contribution in [0, 0.1) is 0 Å². The maximum atomic E-state index is 12.3. The molecule has 28 heavy (non-hydrogen) atoms. The monoisotopic (exact) mass is 392 g/mol. The van der Waals surface area contributed by atoms with Crippen LogP contribution in [-0.2, 0) is 16.0 Å². The number of aliphatic carboxylic acids is 1. The molecular weight excluding hydrogens is 364 g/mol. The van der Waals surface area contributed by atoms with Crippen LogP contribution in [0.1, 0.15) is 32.8 Å². The first-order valence-corrected chi connectivity index (χ1v) is 9.51. The largest absolute Gasteiger partial charge is 0.497 e. The van der Waals surface area contributed by atoms with E-state index in [9.17, 15) is 14.7 Å². The van der Waals surface area contributed by atoms with Crippen molar-refractivity contribution in [1.82, 2.24) is 4.90 Å². The standard InChI is InChI=1S/C20H28N2O6/c1-20(2,3)28-19(25)22-9-7-21(8-10-22)15-12-14(26-4)11-13-5-6-16(18(23)24)27-17(13)15/h11-12,16H,5-10H2,1-4H3,(H,23,24)/t16-/m1/s1. The maximum Gasteiger partial charge on any atom is 0.410 e. The lowest BCUT2D eigenvalue weighted by molar-refractivity contribution is -0.145. The minimum Gasteiger partial charge on any atom is -0.497 e. The molecule has 0 bridgehead atoms. The lowest BCUT2D eigenvalue weighted by Gasteiger charge is -2.38. The molecular formula is C20H28N2O6. The molecule has 1 amide bonds. The third-order valence-electron chi connectivity index (χ3n) is 4.84. The maximum absolute atomic E-state index is 12.3. The summed E-state index contributed by atoms with van der Waals surface area (Å²) in [7, 11) is 1.61. The second-order valence-corrected chi connectivity index (χ2v) is 8.07. The number of carbonyl (C=O) groups is 2. The van der Waals surface area contributed by atoms with E-state index in [1.165, 1.54) is 0 Å². The molecule has 1 N–H and O–H groups in total.